The van der Waals surface area contributed by atoms with Gasteiger partial charge in [-0.3, -0.25) is 9.59 Å². The lowest BCUT2D eigenvalue weighted by Crippen LogP contribution is -2.49. The van der Waals surface area contributed by atoms with Crippen molar-refractivity contribution in [2.75, 3.05) is 20.3 Å². The number of rotatable bonds is 10. The molecule has 2 aromatic rings. The molecule has 2 aromatic carbocycles. The van der Waals surface area contributed by atoms with Crippen molar-refractivity contribution >= 4 is 11.8 Å². The Balaban J connectivity index is 2.11. The van der Waals surface area contributed by atoms with E-state index in [1.165, 1.54) is 0 Å². The molecular weight excluding hydrogens is 368 g/mol. The average Bonchev–Trinajstić information content (AvgIpc) is 2.74. The van der Waals surface area contributed by atoms with Gasteiger partial charge in [-0.05, 0) is 50.1 Å². The van der Waals surface area contributed by atoms with Crippen LogP contribution in [0.1, 0.15) is 31.4 Å². The zero-order valence-corrected chi connectivity index (χ0v) is 17.6. The van der Waals surface area contributed by atoms with Crippen LogP contribution in [0.25, 0.3) is 0 Å². The van der Waals surface area contributed by atoms with Crippen molar-refractivity contribution in [3.8, 4) is 11.5 Å². The van der Waals surface area contributed by atoms with Crippen LogP contribution < -0.4 is 14.8 Å². The third-order valence-electron chi connectivity index (χ3n) is 4.57. The summed E-state index contributed by atoms with van der Waals surface area (Å²) in [7, 11) is 1.59. The first kappa shape index (κ1) is 22.3. The molecule has 2 rings (SSSR count). The molecule has 156 valence electrons. The van der Waals surface area contributed by atoms with Crippen molar-refractivity contribution in [1.29, 1.82) is 0 Å². The largest absolute Gasteiger partial charge is 0.497 e. The SMILES string of the molecule is CCCNC(=O)[C@H](C)N(Cc1cccc(C)c1)C(=O)COc1ccc(OC)cc1. The van der Waals surface area contributed by atoms with Crippen molar-refractivity contribution in [2.24, 2.45) is 0 Å². The molecule has 0 saturated heterocycles. The van der Waals surface area contributed by atoms with Crippen LogP contribution in [0.3, 0.4) is 0 Å². The monoisotopic (exact) mass is 398 g/mol. The number of carbonyl (C=O) groups excluding carboxylic acids is 2. The van der Waals surface area contributed by atoms with Crippen LogP contribution in [0, 0.1) is 6.92 Å². The highest BCUT2D eigenvalue weighted by molar-refractivity contribution is 5.87. The third kappa shape index (κ3) is 6.82. The predicted octanol–water partition coefficient (Wildman–Crippen LogP) is 3.33. The summed E-state index contributed by atoms with van der Waals surface area (Å²) in [5.41, 5.74) is 2.07. The molecule has 0 aliphatic rings. The number of nitrogens with zero attached hydrogens (tertiary/aromatic N) is 1. The summed E-state index contributed by atoms with van der Waals surface area (Å²) < 4.78 is 10.8. The van der Waals surface area contributed by atoms with E-state index in [2.05, 4.69) is 5.32 Å². The zero-order valence-electron chi connectivity index (χ0n) is 17.6. The van der Waals surface area contributed by atoms with Gasteiger partial charge in [-0.15, -0.1) is 0 Å². The van der Waals surface area contributed by atoms with Gasteiger partial charge in [-0.25, -0.2) is 0 Å². The number of carbonyl (C=O) groups is 2. The van der Waals surface area contributed by atoms with E-state index in [9.17, 15) is 9.59 Å². The standard InChI is InChI=1S/C23H30N2O4/c1-5-13-24-23(27)18(3)25(15-19-8-6-7-17(2)14-19)22(26)16-29-21-11-9-20(28-4)10-12-21/h6-12,14,18H,5,13,15-16H2,1-4H3,(H,24,27)/t18-/m0/s1. The second-order valence-electron chi connectivity index (χ2n) is 6.94. The molecule has 0 radical (unpaired) electrons. The van der Waals surface area contributed by atoms with Gasteiger partial charge in [0.05, 0.1) is 7.11 Å². The second kappa shape index (κ2) is 11.1. The maximum absolute atomic E-state index is 12.9. The van der Waals surface area contributed by atoms with Crippen molar-refractivity contribution < 1.29 is 19.1 Å². The number of ether oxygens (including phenoxy) is 2. The lowest BCUT2D eigenvalue weighted by atomic mass is 10.1. The molecule has 6 heteroatoms. The highest BCUT2D eigenvalue weighted by Crippen LogP contribution is 2.18. The highest BCUT2D eigenvalue weighted by atomic mass is 16.5. The fourth-order valence-corrected chi connectivity index (χ4v) is 2.89. The molecule has 6 nitrogen and oxygen atoms in total. The first-order chi connectivity index (χ1) is 13.9. The third-order valence-corrected chi connectivity index (χ3v) is 4.57. The van der Waals surface area contributed by atoms with E-state index in [1.807, 2.05) is 38.1 Å². The van der Waals surface area contributed by atoms with Crippen LogP contribution in [-0.2, 0) is 16.1 Å². The lowest BCUT2D eigenvalue weighted by molar-refractivity contribution is -0.142. The van der Waals surface area contributed by atoms with Gasteiger partial charge in [0.1, 0.15) is 17.5 Å². The van der Waals surface area contributed by atoms with E-state index in [4.69, 9.17) is 9.47 Å². The summed E-state index contributed by atoms with van der Waals surface area (Å²) in [5.74, 6) is 0.863. The van der Waals surface area contributed by atoms with Crippen molar-refractivity contribution in [3.05, 3.63) is 59.7 Å². The smallest absolute Gasteiger partial charge is 0.261 e. The second-order valence-corrected chi connectivity index (χ2v) is 6.94. The van der Waals surface area contributed by atoms with Gasteiger partial charge >= 0.3 is 0 Å². The van der Waals surface area contributed by atoms with E-state index in [0.29, 0.717) is 24.6 Å². The minimum Gasteiger partial charge on any atom is -0.497 e. The highest BCUT2D eigenvalue weighted by Gasteiger charge is 2.26. The number of amides is 2. The molecule has 0 aromatic heterocycles. The van der Waals surface area contributed by atoms with Crippen LogP contribution in [0.2, 0.25) is 0 Å². The van der Waals surface area contributed by atoms with Crippen LogP contribution in [0.4, 0.5) is 0 Å². The molecule has 1 N–H and O–H groups in total. The van der Waals surface area contributed by atoms with Crippen molar-refractivity contribution in [1.82, 2.24) is 10.2 Å². The van der Waals surface area contributed by atoms with Crippen molar-refractivity contribution in [3.63, 3.8) is 0 Å². The minimum absolute atomic E-state index is 0.149. The van der Waals surface area contributed by atoms with E-state index in [0.717, 1.165) is 17.5 Å². The molecule has 0 aliphatic heterocycles. The number of benzene rings is 2. The summed E-state index contributed by atoms with van der Waals surface area (Å²) in [5, 5.41) is 2.86. The molecule has 1 atom stereocenters. The van der Waals surface area contributed by atoms with E-state index < -0.39 is 6.04 Å². The first-order valence-electron chi connectivity index (χ1n) is 9.84. The topological polar surface area (TPSA) is 67.9 Å². The van der Waals surface area contributed by atoms with Gasteiger partial charge in [0.25, 0.3) is 5.91 Å². The average molecular weight is 399 g/mol. The van der Waals surface area contributed by atoms with E-state index in [1.54, 1.807) is 43.2 Å². The summed E-state index contributed by atoms with van der Waals surface area (Å²) in [6.07, 6.45) is 0.838. The molecule has 0 aliphatic carbocycles. The minimum atomic E-state index is -0.603. The summed E-state index contributed by atoms with van der Waals surface area (Å²) in [6, 6.07) is 14.3. The molecular formula is C23H30N2O4. The van der Waals surface area contributed by atoms with Gasteiger partial charge < -0.3 is 19.7 Å². The van der Waals surface area contributed by atoms with Gasteiger partial charge in [0.2, 0.25) is 5.91 Å². The Morgan fingerprint density at radius 3 is 2.41 bits per heavy atom. The van der Waals surface area contributed by atoms with Gasteiger partial charge in [0.15, 0.2) is 6.61 Å². The number of hydrogen-bond donors (Lipinski definition) is 1. The Morgan fingerprint density at radius 2 is 1.79 bits per heavy atom. The summed E-state index contributed by atoms with van der Waals surface area (Å²) >= 11 is 0. The van der Waals surface area contributed by atoms with Crippen LogP contribution >= 0.6 is 0 Å². The molecule has 0 heterocycles. The van der Waals surface area contributed by atoms with Gasteiger partial charge in [-0.1, -0.05) is 36.8 Å². The number of aryl methyl sites for hydroxylation is 1. The Kier molecular flexibility index (Phi) is 8.52. The summed E-state index contributed by atoms with van der Waals surface area (Å²) in [4.78, 5) is 27.0. The maximum atomic E-state index is 12.9. The summed E-state index contributed by atoms with van der Waals surface area (Å²) in [6.45, 7) is 6.50. The molecule has 0 bridgehead atoms. The Morgan fingerprint density at radius 1 is 1.10 bits per heavy atom. The fraction of sp³-hybridized carbons (Fsp3) is 0.391. The fourth-order valence-electron chi connectivity index (χ4n) is 2.89. The molecule has 2 amide bonds. The van der Waals surface area contributed by atoms with Gasteiger partial charge in [-0.2, -0.15) is 0 Å². The quantitative estimate of drug-likeness (QED) is 0.667. The Bertz CT molecular complexity index is 805. The van der Waals surface area contributed by atoms with Crippen LogP contribution in [0.15, 0.2) is 48.5 Å². The van der Waals surface area contributed by atoms with E-state index in [-0.39, 0.29) is 18.4 Å². The van der Waals surface area contributed by atoms with Gasteiger partial charge in [0, 0.05) is 13.1 Å². The van der Waals surface area contributed by atoms with Crippen molar-refractivity contribution in [2.45, 2.75) is 39.8 Å². The Labute approximate surface area is 172 Å². The Hall–Kier alpha value is -3.02. The molecule has 0 spiro atoms. The molecule has 0 unspecified atom stereocenters. The predicted molar refractivity (Wildman–Crippen MR) is 113 cm³/mol. The zero-order chi connectivity index (χ0) is 21.2. The van der Waals surface area contributed by atoms with Crippen LogP contribution in [0.5, 0.6) is 11.5 Å². The normalized spacial score (nSPS) is 11.4. The molecule has 0 saturated carbocycles. The number of hydrogen-bond acceptors (Lipinski definition) is 4. The lowest BCUT2D eigenvalue weighted by Gasteiger charge is -2.29. The molecule has 0 fully saturated rings. The first-order valence-corrected chi connectivity index (χ1v) is 9.84. The maximum Gasteiger partial charge on any atom is 0.261 e. The van der Waals surface area contributed by atoms with Crippen LogP contribution in [-0.4, -0.2) is 43.0 Å². The molecule has 29 heavy (non-hydrogen) atoms. The van der Waals surface area contributed by atoms with E-state index >= 15 is 0 Å². The number of methoxy groups -OCH3 is 1. The number of nitrogens with one attached hydrogen (secondary N) is 1.